The number of ether oxygens (including phenoxy) is 1. The molecule has 1 amide bonds. The lowest BCUT2D eigenvalue weighted by Gasteiger charge is -2.25. The van der Waals surface area contributed by atoms with Gasteiger partial charge in [-0.2, -0.15) is 13.2 Å². The lowest BCUT2D eigenvalue weighted by molar-refractivity contribution is -0.153. The van der Waals surface area contributed by atoms with E-state index in [2.05, 4.69) is 28.8 Å². The third kappa shape index (κ3) is 4.58. The Bertz CT molecular complexity index is 1040. The third-order valence-corrected chi connectivity index (χ3v) is 5.23. The molecule has 1 aromatic carbocycles. The monoisotopic (exact) mass is 419 g/mol. The Morgan fingerprint density at radius 3 is 2.57 bits per heavy atom. The number of pyridine rings is 1. The van der Waals surface area contributed by atoms with Crippen molar-refractivity contribution in [3.8, 4) is 5.75 Å². The quantitative estimate of drug-likeness (QED) is 0.570. The summed E-state index contributed by atoms with van der Waals surface area (Å²) >= 11 is 0. The normalized spacial score (nSPS) is 12.8. The highest BCUT2D eigenvalue weighted by Gasteiger charge is 2.28. The number of hydrogen-bond donors (Lipinski definition) is 0. The molecule has 3 aromatic rings. The van der Waals surface area contributed by atoms with E-state index < -0.39 is 12.8 Å². The average Bonchev–Trinajstić information content (AvgIpc) is 3.06. The fourth-order valence-corrected chi connectivity index (χ4v) is 3.25. The van der Waals surface area contributed by atoms with E-state index >= 15 is 0 Å². The molecule has 30 heavy (non-hydrogen) atoms. The van der Waals surface area contributed by atoms with Gasteiger partial charge in [0.15, 0.2) is 6.61 Å². The molecule has 0 aliphatic carbocycles. The summed E-state index contributed by atoms with van der Waals surface area (Å²) in [4.78, 5) is 18.8. The Morgan fingerprint density at radius 2 is 1.97 bits per heavy atom. The van der Waals surface area contributed by atoms with Crippen LogP contribution in [0.1, 0.15) is 41.6 Å². The maximum Gasteiger partial charge on any atom is 0.422 e. The molecule has 0 spiro atoms. The summed E-state index contributed by atoms with van der Waals surface area (Å²) in [6.45, 7) is 2.52. The van der Waals surface area contributed by atoms with Gasteiger partial charge >= 0.3 is 6.18 Å². The van der Waals surface area contributed by atoms with E-state index in [4.69, 9.17) is 0 Å². The van der Waals surface area contributed by atoms with Crippen molar-refractivity contribution in [2.24, 2.45) is 7.05 Å². The summed E-state index contributed by atoms with van der Waals surface area (Å²) in [5.74, 6) is -0.142. The number of rotatable bonds is 6. The number of amides is 1. The molecule has 3 rings (SSSR count). The summed E-state index contributed by atoms with van der Waals surface area (Å²) in [6.07, 6.45) is -2.26. The number of carbonyl (C=O) groups is 1. The van der Waals surface area contributed by atoms with Crippen LogP contribution in [0.3, 0.4) is 0 Å². The SMILES string of the molecule is CCc1ccc2cc(C(=O)N(C)[C@H](C)c3ccc(OCC(F)(F)F)cn3)n(C)c2c1. The average molecular weight is 419 g/mol. The molecule has 0 N–H and O–H groups in total. The van der Waals surface area contributed by atoms with Crippen molar-refractivity contribution in [2.45, 2.75) is 32.5 Å². The largest absolute Gasteiger partial charge is 0.483 e. The lowest BCUT2D eigenvalue weighted by Crippen LogP contribution is -2.31. The van der Waals surface area contributed by atoms with Gasteiger partial charge in [0, 0.05) is 25.0 Å². The number of hydrogen-bond acceptors (Lipinski definition) is 3. The van der Waals surface area contributed by atoms with Crippen LogP contribution < -0.4 is 4.74 Å². The van der Waals surface area contributed by atoms with E-state index in [0.717, 1.165) is 17.3 Å². The van der Waals surface area contributed by atoms with E-state index in [1.54, 1.807) is 18.0 Å². The van der Waals surface area contributed by atoms with Crippen LogP contribution in [-0.2, 0) is 13.5 Å². The molecule has 160 valence electrons. The van der Waals surface area contributed by atoms with Crippen molar-refractivity contribution in [1.82, 2.24) is 14.5 Å². The standard InChI is InChI=1S/C22H24F3N3O2/c1-5-15-6-7-16-11-20(28(4)19(16)10-15)21(29)27(3)14(2)18-9-8-17(12-26-18)30-13-22(23,24)25/h6-12,14H,5,13H2,1-4H3/t14-/m1/s1. The molecule has 0 saturated carbocycles. The first kappa shape index (κ1) is 21.7. The summed E-state index contributed by atoms with van der Waals surface area (Å²) in [5.41, 5.74) is 3.29. The van der Waals surface area contributed by atoms with E-state index in [0.29, 0.717) is 11.4 Å². The Morgan fingerprint density at radius 1 is 1.23 bits per heavy atom. The van der Waals surface area contributed by atoms with Crippen molar-refractivity contribution in [3.63, 3.8) is 0 Å². The van der Waals surface area contributed by atoms with E-state index in [1.807, 2.05) is 30.7 Å². The highest BCUT2D eigenvalue weighted by atomic mass is 19.4. The molecule has 0 bridgehead atoms. The minimum atomic E-state index is -4.41. The van der Waals surface area contributed by atoms with E-state index in [1.165, 1.54) is 17.8 Å². The van der Waals surface area contributed by atoms with Crippen LogP contribution in [0.25, 0.3) is 10.9 Å². The predicted octanol–water partition coefficient (Wildman–Crippen LogP) is 4.91. The molecule has 0 unspecified atom stereocenters. The smallest absolute Gasteiger partial charge is 0.422 e. The van der Waals surface area contributed by atoms with Gasteiger partial charge in [-0.05, 0) is 43.2 Å². The number of fused-ring (bicyclic) bond motifs is 1. The van der Waals surface area contributed by atoms with Crippen molar-refractivity contribution in [3.05, 3.63) is 59.5 Å². The summed E-state index contributed by atoms with van der Waals surface area (Å²) in [7, 11) is 3.54. The van der Waals surface area contributed by atoms with Crippen LogP contribution in [0.5, 0.6) is 5.75 Å². The molecule has 0 radical (unpaired) electrons. The van der Waals surface area contributed by atoms with Crippen LogP contribution in [0.2, 0.25) is 0 Å². The van der Waals surface area contributed by atoms with Gasteiger partial charge in [0.1, 0.15) is 11.4 Å². The first-order chi connectivity index (χ1) is 14.1. The molecular weight excluding hydrogens is 395 g/mol. The van der Waals surface area contributed by atoms with Gasteiger partial charge in [0.2, 0.25) is 0 Å². The van der Waals surface area contributed by atoms with Crippen LogP contribution in [0.4, 0.5) is 13.2 Å². The fourth-order valence-electron chi connectivity index (χ4n) is 3.25. The maximum absolute atomic E-state index is 13.1. The molecule has 2 aromatic heterocycles. The Labute approximate surface area is 173 Å². The Hall–Kier alpha value is -3.03. The van der Waals surface area contributed by atoms with Gasteiger partial charge in [-0.3, -0.25) is 9.78 Å². The lowest BCUT2D eigenvalue weighted by atomic mass is 10.1. The van der Waals surface area contributed by atoms with Gasteiger partial charge < -0.3 is 14.2 Å². The highest BCUT2D eigenvalue weighted by Crippen LogP contribution is 2.25. The molecule has 0 fully saturated rings. The molecular formula is C22H24F3N3O2. The number of halogens is 3. The summed E-state index contributed by atoms with van der Waals surface area (Å²) in [5, 5.41) is 0.989. The minimum absolute atomic E-state index is 0.0256. The third-order valence-electron chi connectivity index (χ3n) is 5.23. The van der Waals surface area contributed by atoms with Crippen LogP contribution >= 0.6 is 0 Å². The van der Waals surface area contributed by atoms with E-state index in [9.17, 15) is 18.0 Å². The molecule has 5 nitrogen and oxygen atoms in total. The second-order valence-corrected chi connectivity index (χ2v) is 7.25. The van der Waals surface area contributed by atoms with E-state index in [-0.39, 0.29) is 17.7 Å². The molecule has 0 saturated heterocycles. The molecule has 2 heterocycles. The van der Waals surface area contributed by atoms with Gasteiger partial charge in [-0.25, -0.2) is 0 Å². The van der Waals surface area contributed by atoms with Gasteiger partial charge in [-0.15, -0.1) is 0 Å². The zero-order valence-electron chi connectivity index (χ0n) is 17.3. The van der Waals surface area contributed by atoms with Crippen molar-refractivity contribution < 1.29 is 22.7 Å². The zero-order valence-corrected chi connectivity index (χ0v) is 17.3. The van der Waals surface area contributed by atoms with Crippen molar-refractivity contribution >= 4 is 16.8 Å². The number of alkyl halides is 3. The summed E-state index contributed by atoms with van der Waals surface area (Å²) in [6, 6.07) is 10.6. The van der Waals surface area contributed by atoms with Gasteiger partial charge in [-0.1, -0.05) is 19.1 Å². The maximum atomic E-state index is 13.1. The second kappa shape index (κ2) is 8.38. The number of aromatic nitrogens is 2. The number of carbonyl (C=O) groups excluding carboxylic acids is 1. The first-order valence-corrected chi connectivity index (χ1v) is 9.61. The number of benzene rings is 1. The minimum Gasteiger partial charge on any atom is -0.483 e. The van der Waals surface area contributed by atoms with Crippen LogP contribution in [-0.4, -0.2) is 40.2 Å². The molecule has 8 heteroatoms. The van der Waals surface area contributed by atoms with Crippen molar-refractivity contribution in [1.29, 1.82) is 0 Å². The molecule has 0 aliphatic rings. The van der Waals surface area contributed by atoms with Crippen molar-refractivity contribution in [2.75, 3.05) is 13.7 Å². The second-order valence-electron chi connectivity index (χ2n) is 7.25. The van der Waals surface area contributed by atoms with Crippen LogP contribution in [0.15, 0.2) is 42.6 Å². The Balaban J connectivity index is 1.77. The van der Waals surface area contributed by atoms with Gasteiger partial charge in [0.05, 0.1) is 17.9 Å². The van der Waals surface area contributed by atoms with Crippen LogP contribution in [0, 0.1) is 0 Å². The number of aryl methyl sites for hydroxylation is 2. The Kier molecular flexibility index (Phi) is 6.05. The molecule has 0 aliphatic heterocycles. The highest BCUT2D eigenvalue weighted by molar-refractivity contribution is 5.98. The predicted molar refractivity (Wildman–Crippen MR) is 109 cm³/mol. The topological polar surface area (TPSA) is 47.4 Å². The molecule has 1 atom stereocenters. The van der Waals surface area contributed by atoms with Gasteiger partial charge in [0.25, 0.3) is 5.91 Å². The fraction of sp³-hybridized carbons (Fsp3) is 0.364. The number of nitrogens with zero attached hydrogens (tertiary/aromatic N) is 3. The zero-order chi connectivity index (χ0) is 22.1. The first-order valence-electron chi connectivity index (χ1n) is 9.61. The summed E-state index contributed by atoms with van der Waals surface area (Å²) < 4.78 is 43.4.